The van der Waals surface area contributed by atoms with Crippen LogP contribution in [-0.4, -0.2) is 70.8 Å². The van der Waals surface area contributed by atoms with E-state index in [1.165, 1.54) is 0 Å². The molecule has 0 saturated carbocycles. The average Bonchev–Trinajstić information content (AvgIpc) is 3.27. The quantitative estimate of drug-likeness (QED) is 0.555. The van der Waals surface area contributed by atoms with Gasteiger partial charge in [0.1, 0.15) is 42.4 Å². The molecule has 0 aromatic heterocycles. The third-order valence-electron chi connectivity index (χ3n) is 5.69. The second-order valence-electron chi connectivity index (χ2n) is 7.92. The van der Waals surface area contributed by atoms with Crippen molar-refractivity contribution in [3.05, 3.63) is 65.2 Å². The molecule has 2 aliphatic rings. The summed E-state index contributed by atoms with van der Waals surface area (Å²) in [6, 6.07) is 15.5. The van der Waals surface area contributed by atoms with Crippen LogP contribution in [0.4, 0.5) is 0 Å². The first kappa shape index (κ1) is 21.2. The Morgan fingerprint density at radius 1 is 0.933 bits per heavy atom. The van der Waals surface area contributed by atoms with Crippen LogP contribution < -0.4 is 4.74 Å². The van der Waals surface area contributed by atoms with Crippen molar-refractivity contribution in [2.75, 3.05) is 19.8 Å². The number of aliphatic hydroxyl groups is 4. The van der Waals surface area contributed by atoms with Crippen LogP contribution in [0.15, 0.2) is 48.5 Å². The highest BCUT2D eigenvalue weighted by molar-refractivity contribution is 5.34. The van der Waals surface area contributed by atoms with E-state index in [4.69, 9.17) is 14.2 Å². The van der Waals surface area contributed by atoms with E-state index in [0.29, 0.717) is 18.6 Å². The van der Waals surface area contributed by atoms with Crippen LogP contribution in [0.1, 0.15) is 29.2 Å². The lowest BCUT2D eigenvalue weighted by Crippen LogP contribution is -2.55. The minimum Gasteiger partial charge on any atom is -0.488 e. The molecule has 2 fully saturated rings. The van der Waals surface area contributed by atoms with Gasteiger partial charge in [-0.05, 0) is 35.2 Å². The molecule has 1 unspecified atom stereocenters. The molecule has 2 aromatic carbocycles. The largest absolute Gasteiger partial charge is 0.488 e. The van der Waals surface area contributed by atoms with Crippen LogP contribution in [0.25, 0.3) is 0 Å². The molecule has 0 bridgehead atoms. The highest BCUT2D eigenvalue weighted by atomic mass is 16.5. The molecule has 4 N–H and O–H groups in total. The van der Waals surface area contributed by atoms with E-state index in [0.717, 1.165) is 29.9 Å². The van der Waals surface area contributed by atoms with Crippen LogP contribution >= 0.6 is 0 Å². The van der Waals surface area contributed by atoms with Gasteiger partial charge in [-0.1, -0.05) is 36.4 Å². The summed E-state index contributed by atoms with van der Waals surface area (Å²) in [6.07, 6.45) is -4.08. The molecule has 0 amide bonds. The first-order valence-corrected chi connectivity index (χ1v) is 10.3. The summed E-state index contributed by atoms with van der Waals surface area (Å²) in [4.78, 5) is 0. The van der Waals surface area contributed by atoms with Gasteiger partial charge in [-0.3, -0.25) is 0 Å². The standard InChI is InChI=1S/C23H28O7/c24-12-19-20(25)21(26)22(27)23(30-19)16-3-1-2-15(11-16)10-14-4-6-17(7-5-14)29-18-8-9-28-13-18/h1-7,11,18-27H,8-10,12-13H2/t18?,19-,20-,21+,22-,23+/m1/s1. The Balaban J connectivity index is 1.44. The van der Waals surface area contributed by atoms with Crippen LogP contribution in [0, 0.1) is 0 Å². The van der Waals surface area contributed by atoms with Gasteiger partial charge in [-0.25, -0.2) is 0 Å². The van der Waals surface area contributed by atoms with Crippen molar-refractivity contribution >= 4 is 0 Å². The smallest absolute Gasteiger partial charge is 0.124 e. The molecule has 7 heteroatoms. The Kier molecular flexibility index (Phi) is 6.67. The zero-order valence-electron chi connectivity index (χ0n) is 16.6. The predicted molar refractivity (Wildman–Crippen MR) is 108 cm³/mol. The van der Waals surface area contributed by atoms with Crippen molar-refractivity contribution in [3.63, 3.8) is 0 Å². The van der Waals surface area contributed by atoms with Gasteiger partial charge in [-0.2, -0.15) is 0 Å². The monoisotopic (exact) mass is 416 g/mol. The van der Waals surface area contributed by atoms with Crippen molar-refractivity contribution in [1.82, 2.24) is 0 Å². The Bertz CT molecular complexity index is 817. The molecule has 6 atom stereocenters. The highest BCUT2D eigenvalue weighted by Crippen LogP contribution is 2.33. The van der Waals surface area contributed by atoms with Crippen LogP contribution in [-0.2, 0) is 15.9 Å². The maximum atomic E-state index is 10.4. The number of rotatable bonds is 6. The van der Waals surface area contributed by atoms with Gasteiger partial charge in [0.25, 0.3) is 0 Å². The van der Waals surface area contributed by atoms with Gasteiger partial charge >= 0.3 is 0 Å². The maximum absolute atomic E-state index is 10.4. The van der Waals surface area contributed by atoms with Crippen molar-refractivity contribution in [1.29, 1.82) is 0 Å². The number of benzene rings is 2. The normalized spacial score (nSPS) is 31.6. The summed E-state index contributed by atoms with van der Waals surface area (Å²) in [5.74, 6) is 0.823. The highest BCUT2D eigenvalue weighted by Gasteiger charge is 2.43. The molecular formula is C23H28O7. The molecule has 2 heterocycles. The third-order valence-corrected chi connectivity index (χ3v) is 5.69. The fourth-order valence-corrected chi connectivity index (χ4v) is 3.98. The summed E-state index contributed by atoms with van der Waals surface area (Å²) in [5, 5.41) is 39.8. The van der Waals surface area contributed by atoms with Crippen LogP contribution in [0.3, 0.4) is 0 Å². The molecule has 2 saturated heterocycles. The summed E-state index contributed by atoms with van der Waals surface area (Å²) in [5.41, 5.74) is 2.81. The second kappa shape index (κ2) is 9.43. The van der Waals surface area contributed by atoms with E-state index in [1.807, 2.05) is 42.5 Å². The van der Waals surface area contributed by atoms with Crippen molar-refractivity contribution < 1.29 is 34.6 Å². The fraction of sp³-hybridized carbons (Fsp3) is 0.478. The molecule has 0 radical (unpaired) electrons. The Labute approximate surface area is 175 Å². The Morgan fingerprint density at radius 3 is 2.43 bits per heavy atom. The predicted octanol–water partition coefficient (Wildman–Crippen LogP) is 0.960. The summed E-state index contributed by atoms with van der Waals surface area (Å²) < 4.78 is 16.9. The zero-order chi connectivity index (χ0) is 21.1. The minimum atomic E-state index is -1.39. The van der Waals surface area contributed by atoms with Gasteiger partial charge in [0.2, 0.25) is 0 Å². The SMILES string of the molecule is OC[C@H]1O[C@@H](c2cccc(Cc3ccc(OC4CCOC4)cc3)c2)[C@H](O)[C@@H](O)[C@@H]1O. The molecule has 7 nitrogen and oxygen atoms in total. The number of ether oxygens (including phenoxy) is 3. The molecular weight excluding hydrogens is 388 g/mol. The van der Waals surface area contributed by atoms with Gasteiger partial charge in [0, 0.05) is 6.42 Å². The summed E-state index contributed by atoms with van der Waals surface area (Å²) in [7, 11) is 0. The van der Waals surface area contributed by atoms with E-state index < -0.39 is 37.1 Å². The number of hydrogen-bond donors (Lipinski definition) is 4. The van der Waals surface area contributed by atoms with E-state index in [2.05, 4.69) is 0 Å². The lowest BCUT2D eigenvalue weighted by atomic mass is 9.90. The van der Waals surface area contributed by atoms with Gasteiger partial charge in [0.15, 0.2) is 0 Å². The first-order chi connectivity index (χ1) is 14.5. The molecule has 162 valence electrons. The molecule has 0 aliphatic carbocycles. The van der Waals surface area contributed by atoms with E-state index in [-0.39, 0.29) is 6.10 Å². The van der Waals surface area contributed by atoms with Gasteiger partial charge in [-0.15, -0.1) is 0 Å². The molecule has 2 aromatic rings. The van der Waals surface area contributed by atoms with Crippen LogP contribution in [0.5, 0.6) is 5.75 Å². The zero-order valence-corrected chi connectivity index (χ0v) is 16.6. The third kappa shape index (κ3) is 4.67. The molecule has 2 aliphatic heterocycles. The minimum absolute atomic E-state index is 0.117. The molecule has 4 rings (SSSR count). The molecule has 0 spiro atoms. The average molecular weight is 416 g/mol. The number of hydrogen-bond acceptors (Lipinski definition) is 7. The topological polar surface area (TPSA) is 109 Å². The van der Waals surface area contributed by atoms with E-state index >= 15 is 0 Å². The van der Waals surface area contributed by atoms with Crippen LogP contribution in [0.2, 0.25) is 0 Å². The lowest BCUT2D eigenvalue weighted by molar-refractivity contribution is -0.231. The van der Waals surface area contributed by atoms with Crippen molar-refractivity contribution in [2.45, 2.75) is 49.5 Å². The second-order valence-corrected chi connectivity index (χ2v) is 7.92. The fourth-order valence-electron chi connectivity index (χ4n) is 3.98. The molecule has 30 heavy (non-hydrogen) atoms. The van der Waals surface area contributed by atoms with E-state index in [9.17, 15) is 20.4 Å². The first-order valence-electron chi connectivity index (χ1n) is 10.3. The number of aliphatic hydroxyl groups excluding tert-OH is 4. The summed E-state index contributed by atoms with van der Waals surface area (Å²) in [6.45, 7) is 0.933. The Morgan fingerprint density at radius 2 is 1.73 bits per heavy atom. The summed E-state index contributed by atoms with van der Waals surface area (Å²) >= 11 is 0. The van der Waals surface area contributed by atoms with Crippen molar-refractivity contribution in [2.24, 2.45) is 0 Å². The lowest BCUT2D eigenvalue weighted by Gasteiger charge is -2.40. The van der Waals surface area contributed by atoms with E-state index in [1.54, 1.807) is 6.07 Å². The Hall–Kier alpha value is -2.00. The van der Waals surface area contributed by atoms with Crippen molar-refractivity contribution in [3.8, 4) is 5.75 Å². The van der Waals surface area contributed by atoms with Gasteiger partial charge < -0.3 is 34.6 Å². The maximum Gasteiger partial charge on any atom is 0.124 e. The van der Waals surface area contributed by atoms with Gasteiger partial charge in [0.05, 0.1) is 19.8 Å².